The monoisotopic (exact) mass is 324 g/mol. The van der Waals surface area contributed by atoms with Crippen molar-refractivity contribution in [1.82, 2.24) is 0 Å². The van der Waals surface area contributed by atoms with E-state index in [1.54, 1.807) is 0 Å². The van der Waals surface area contributed by atoms with Crippen LogP contribution in [0, 0.1) is 0 Å². The van der Waals surface area contributed by atoms with E-state index in [-0.39, 0.29) is 42.1 Å². The first-order valence-corrected chi connectivity index (χ1v) is 8.98. The van der Waals surface area contributed by atoms with Gasteiger partial charge in [0.1, 0.15) is 6.61 Å². The molecule has 1 unspecified atom stereocenters. The summed E-state index contributed by atoms with van der Waals surface area (Å²) in [6.07, 6.45) is 16.1. The number of carbonyl (C=O) groups is 1. The summed E-state index contributed by atoms with van der Waals surface area (Å²) < 4.78 is 4.77. The first-order valence-electron chi connectivity index (χ1n) is 8.98. The van der Waals surface area contributed by atoms with Crippen LogP contribution in [-0.4, -0.2) is 53.3 Å². The minimum absolute atomic E-state index is 0. The second kappa shape index (κ2) is 19.5. The molecular weight excluding hydrogens is 287 g/mol. The van der Waals surface area contributed by atoms with Crippen molar-refractivity contribution in [1.29, 1.82) is 0 Å². The summed E-state index contributed by atoms with van der Waals surface area (Å²) in [5, 5.41) is 9.58. The number of hydrogen-bond acceptors (Lipinski definition) is 3. The summed E-state index contributed by atoms with van der Waals surface area (Å²) in [6, 6.07) is 0. The standard InChI is InChI=1S/C18H36O3.Na.H/c1-3-4-5-6-7-8-9-10-11-12-13-14-15-18(20)16-21-17(2)19;;/h18,20H,3-16H2,1-2H3;;. The fourth-order valence-corrected chi connectivity index (χ4v) is 2.52. The number of aliphatic hydroxyl groups excluding tert-OH is 1. The minimum atomic E-state index is -0.489. The Morgan fingerprint density at radius 3 is 1.68 bits per heavy atom. The molecule has 0 amide bonds. The van der Waals surface area contributed by atoms with Crippen LogP contribution in [0.1, 0.15) is 97.3 Å². The van der Waals surface area contributed by atoms with E-state index in [4.69, 9.17) is 4.74 Å². The Kier molecular flexibility index (Phi) is 21.8. The van der Waals surface area contributed by atoms with Gasteiger partial charge in [0, 0.05) is 6.92 Å². The Morgan fingerprint density at radius 2 is 1.27 bits per heavy atom. The summed E-state index contributed by atoms with van der Waals surface area (Å²) in [5.74, 6) is -0.316. The molecule has 3 nitrogen and oxygen atoms in total. The zero-order chi connectivity index (χ0) is 15.8. The SMILES string of the molecule is CCCCCCCCCCCCCCC(O)COC(C)=O.[NaH]. The third kappa shape index (κ3) is 20.4. The van der Waals surface area contributed by atoms with Gasteiger partial charge in [-0.1, -0.05) is 84.0 Å². The number of ether oxygens (including phenoxy) is 1. The molecule has 0 aliphatic carbocycles. The summed E-state index contributed by atoms with van der Waals surface area (Å²) in [7, 11) is 0. The topological polar surface area (TPSA) is 46.5 Å². The fraction of sp³-hybridized carbons (Fsp3) is 0.944. The molecule has 22 heavy (non-hydrogen) atoms. The van der Waals surface area contributed by atoms with Crippen LogP contribution in [0.3, 0.4) is 0 Å². The summed E-state index contributed by atoms with van der Waals surface area (Å²) >= 11 is 0. The molecule has 0 aromatic carbocycles. The van der Waals surface area contributed by atoms with Gasteiger partial charge in [-0.3, -0.25) is 4.79 Å². The molecule has 0 aromatic rings. The Bertz CT molecular complexity index is 234. The van der Waals surface area contributed by atoms with E-state index in [0.717, 1.165) is 12.8 Å². The average Bonchev–Trinajstić information content (AvgIpc) is 2.46. The molecule has 0 rings (SSSR count). The van der Waals surface area contributed by atoms with E-state index in [1.165, 1.54) is 77.6 Å². The van der Waals surface area contributed by atoms with Crippen molar-refractivity contribution >= 4 is 35.5 Å². The van der Waals surface area contributed by atoms with Crippen LogP contribution in [-0.2, 0) is 9.53 Å². The number of hydrogen-bond donors (Lipinski definition) is 1. The molecule has 0 aromatic heterocycles. The molecule has 0 radical (unpaired) electrons. The Hall–Kier alpha value is 0.430. The zero-order valence-electron chi connectivity index (χ0n) is 14.2. The van der Waals surface area contributed by atoms with Crippen LogP contribution in [0.15, 0.2) is 0 Å². The predicted octanol–water partition coefficient (Wildman–Crippen LogP) is 4.35. The number of carbonyl (C=O) groups excluding carboxylic acids is 1. The van der Waals surface area contributed by atoms with Gasteiger partial charge in [-0.2, -0.15) is 0 Å². The number of aliphatic hydroxyl groups is 1. The van der Waals surface area contributed by atoms with Gasteiger partial charge in [0.15, 0.2) is 0 Å². The van der Waals surface area contributed by atoms with Gasteiger partial charge in [-0.15, -0.1) is 0 Å². The molecule has 128 valence electrons. The van der Waals surface area contributed by atoms with Gasteiger partial charge in [-0.05, 0) is 6.42 Å². The van der Waals surface area contributed by atoms with Crippen LogP contribution in [0.5, 0.6) is 0 Å². The maximum atomic E-state index is 10.6. The maximum absolute atomic E-state index is 10.6. The molecule has 0 aliphatic rings. The second-order valence-electron chi connectivity index (χ2n) is 6.13. The predicted molar refractivity (Wildman–Crippen MR) is 95.5 cm³/mol. The summed E-state index contributed by atoms with van der Waals surface area (Å²) in [6.45, 7) is 3.78. The Morgan fingerprint density at radius 1 is 0.864 bits per heavy atom. The van der Waals surface area contributed by atoms with E-state index in [9.17, 15) is 9.90 Å². The number of rotatable bonds is 15. The normalized spacial score (nSPS) is 11.8. The summed E-state index contributed by atoms with van der Waals surface area (Å²) in [5.41, 5.74) is 0. The van der Waals surface area contributed by atoms with Gasteiger partial charge in [0.2, 0.25) is 0 Å². The van der Waals surface area contributed by atoms with E-state index in [1.807, 2.05) is 0 Å². The van der Waals surface area contributed by atoms with Crippen molar-refractivity contribution in [3.05, 3.63) is 0 Å². The average molecular weight is 324 g/mol. The van der Waals surface area contributed by atoms with Crippen LogP contribution in [0.25, 0.3) is 0 Å². The van der Waals surface area contributed by atoms with Crippen LogP contribution < -0.4 is 0 Å². The third-order valence-electron chi connectivity index (χ3n) is 3.87. The van der Waals surface area contributed by atoms with E-state index in [0.29, 0.717) is 0 Å². The molecule has 0 saturated carbocycles. The Balaban J connectivity index is 0. The van der Waals surface area contributed by atoms with E-state index >= 15 is 0 Å². The van der Waals surface area contributed by atoms with Gasteiger partial charge >= 0.3 is 35.5 Å². The van der Waals surface area contributed by atoms with Crippen molar-refractivity contribution in [3.63, 3.8) is 0 Å². The van der Waals surface area contributed by atoms with Crippen molar-refractivity contribution in [2.24, 2.45) is 0 Å². The quantitative estimate of drug-likeness (QED) is 0.277. The van der Waals surface area contributed by atoms with Gasteiger partial charge in [-0.25, -0.2) is 0 Å². The molecule has 0 fully saturated rings. The van der Waals surface area contributed by atoms with Crippen molar-refractivity contribution in [2.45, 2.75) is 103 Å². The molecule has 4 heteroatoms. The van der Waals surface area contributed by atoms with Gasteiger partial charge < -0.3 is 9.84 Å². The molecule has 0 spiro atoms. The van der Waals surface area contributed by atoms with E-state index < -0.39 is 6.10 Å². The van der Waals surface area contributed by atoms with Gasteiger partial charge in [0.05, 0.1) is 6.10 Å². The van der Waals surface area contributed by atoms with Crippen LogP contribution in [0.4, 0.5) is 0 Å². The molecule has 0 bridgehead atoms. The van der Waals surface area contributed by atoms with Crippen LogP contribution in [0.2, 0.25) is 0 Å². The summed E-state index contributed by atoms with van der Waals surface area (Å²) in [4.78, 5) is 10.6. The third-order valence-corrected chi connectivity index (χ3v) is 3.87. The number of unbranched alkanes of at least 4 members (excludes halogenated alkanes) is 11. The fourth-order valence-electron chi connectivity index (χ4n) is 2.52. The van der Waals surface area contributed by atoms with Crippen molar-refractivity contribution < 1.29 is 14.6 Å². The molecule has 1 atom stereocenters. The Labute approximate surface area is 159 Å². The first kappa shape index (κ1) is 24.7. The van der Waals surface area contributed by atoms with Gasteiger partial charge in [0.25, 0.3) is 0 Å². The van der Waals surface area contributed by atoms with Crippen molar-refractivity contribution in [2.75, 3.05) is 6.61 Å². The molecule has 0 aliphatic heterocycles. The van der Waals surface area contributed by atoms with E-state index in [2.05, 4.69) is 6.92 Å². The number of esters is 1. The second-order valence-corrected chi connectivity index (χ2v) is 6.13. The van der Waals surface area contributed by atoms with Crippen LogP contribution >= 0.6 is 0 Å². The first-order chi connectivity index (χ1) is 10.2. The molecule has 0 heterocycles. The van der Waals surface area contributed by atoms with Crippen molar-refractivity contribution in [3.8, 4) is 0 Å². The molecular formula is C18H37NaO3. The zero-order valence-corrected chi connectivity index (χ0v) is 14.2. The molecule has 0 saturated heterocycles. The molecule has 1 N–H and O–H groups in total.